The van der Waals surface area contributed by atoms with E-state index in [-0.39, 0.29) is 0 Å². The van der Waals surface area contributed by atoms with E-state index in [1.54, 1.807) is 13.4 Å². The molecule has 1 unspecified atom stereocenters. The minimum absolute atomic E-state index is 0.670. The molecule has 0 bridgehead atoms. The zero-order chi connectivity index (χ0) is 14.2. The van der Waals surface area contributed by atoms with Gasteiger partial charge in [-0.2, -0.15) is 5.10 Å². The zero-order valence-electron chi connectivity index (χ0n) is 12.8. The fraction of sp³-hybridized carbons (Fsp3) is 0.867. The van der Waals surface area contributed by atoms with Gasteiger partial charge in [-0.3, -0.25) is 4.68 Å². The van der Waals surface area contributed by atoms with Crippen molar-refractivity contribution in [1.82, 2.24) is 20.1 Å². The van der Waals surface area contributed by atoms with Crippen molar-refractivity contribution in [3.05, 3.63) is 12.2 Å². The summed E-state index contributed by atoms with van der Waals surface area (Å²) in [4.78, 5) is 4.44. The maximum Gasteiger partial charge on any atom is 0.138 e. The Morgan fingerprint density at radius 3 is 2.95 bits per heavy atom. The van der Waals surface area contributed by atoms with Gasteiger partial charge in [-0.1, -0.05) is 25.7 Å². The van der Waals surface area contributed by atoms with E-state index in [1.807, 2.05) is 4.68 Å². The number of rotatable bonds is 9. The number of hydrogen-bond acceptors (Lipinski definition) is 4. The van der Waals surface area contributed by atoms with Crippen molar-refractivity contribution in [1.29, 1.82) is 0 Å². The van der Waals surface area contributed by atoms with Crippen molar-refractivity contribution in [2.45, 2.75) is 45.6 Å². The van der Waals surface area contributed by atoms with Crippen LogP contribution in [-0.4, -0.2) is 41.6 Å². The highest BCUT2D eigenvalue weighted by Crippen LogP contribution is 2.32. The normalized spacial score (nSPS) is 17.7. The van der Waals surface area contributed by atoms with Crippen LogP contribution in [0.4, 0.5) is 0 Å². The smallest absolute Gasteiger partial charge is 0.138 e. The number of hydrogen-bond donors (Lipinski definition) is 1. The average Bonchev–Trinajstić information content (AvgIpc) is 3.12. The monoisotopic (exact) mass is 280 g/mol. The summed E-state index contributed by atoms with van der Waals surface area (Å²) < 4.78 is 7.13. The van der Waals surface area contributed by atoms with Gasteiger partial charge in [-0.15, -0.1) is 0 Å². The molecule has 0 aromatic carbocycles. The van der Waals surface area contributed by atoms with Gasteiger partial charge in [0.05, 0.1) is 6.61 Å². The van der Waals surface area contributed by atoms with Gasteiger partial charge in [0.1, 0.15) is 12.2 Å². The molecule has 1 heterocycles. The number of aromatic nitrogens is 3. The lowest BCUT2D eigenvalue weighted by Gasteiger charge is -2.23. The van der Waals surface area contributed by atoms with Gasteiger partial charge in [-0.25, -0.2) is 4.98 Å². The summed E-state index contributed by atoms with van der Waals surface area (Å²) in [5.41, 5.74) is 0. The molecule has 1 aromatic rings. The first-order valence-electron chi connectivity index (χ1n) is 7.91. The van der Waals surface area contributed by atoms with Crippen molar-refractivity contribution >= 4 is 0 Å². The number of ether oxygens (including phenoxy) is 1. The molecular weight excluding hydrogens is 252 g/mol. The van der Waals surface area contributed by atoms with E-state index in [4.69, 9.17) is 4.74 Å². The van der Waals surface area contributed by atoms with E-state index in [1.165, 1.54) is 25.7 Å². The molecule has 1 aromatic heterocycles. The molecule has 1 aliphatic carbocycles. The molecule has 114 valence electrons. The van der Waals surface area contributed by atoms with Crippen molar-refractivity contribution in [2.75, 3.05) is 26.8 Å². The predicted molar refractivity (Wildman–Crippen MR) is 79.6 cm³/mol. The molecule has 0 radical (unpaired) electrons. The van der Waals surface area contributed by atoms with Gasteiger partial charge < -0.3 is 10.1 Å². The number of nitrogens with zero attached hydrogens (tertiary/aromatic N) is 3. The Hall–Kier alpha value is -0.940. The summed E-state index contributed by atoms with van der Waals surface area (Å²) in [6.45, 7) is 5.80. The predicted octanol–water partition coefficient (Wildman–Crippen LogP) is 1.88. The van der Waals surface area contributed by atoms with Crippen molar-refractivity contribution in [3.8, 4) is 0 Å². The SMILES string of the molecule is CCn1ncnc1CC(CNCCOC)C1CCCC1. The van der Waals surface area contributed by atoms with Crippen LogP contribution in [0.5, 0.6) is 0 Å². The van der Waals surface area contributed by atoms with E-state index in [2.05, 4.69) is 22.3 Å². The molecular formula is C15H28N4O. The standard InChI is InChI=1S/C15H28N4O/c1-3-19-15(17-12-18-19)10-14(11-16-8-9-20-2)13-6-4-5-7-13/h12-14,16H,3-11H2,1-2H3. The van der Waals surface area contributed by atoms with Crippen molar-refractivity contribution in [2.24, 2.45) is 11.8 Å². The molecule has 0 amide bonds. The number of nitrogens with one attached hydrogen (secondary N) is 1. The molecule has 20 heavy (non-hydrogen) atoms. The van der Waals surface area contributed by atoms with Gasteiger partial charge in [0, 0.05) is 26.6 Å². The highest BCUT2D eigenvalue weighted by molar-refractivity contribution is 4.91. The van der Waals surface area contributed by atoms with E-state index < -0.39 is 0 Å². The summed E-state index contributed by atoms with van der Waals surface area (Å²) in [6.07, 6.45) is 8.24. The molecule has 1 atom stereocenters. The first kappa shape index (κ1) is 15.4. The Morgan fingerprint density at radius 1 is 1.45 bits per heavy atom. The van der Waals surface area contributed by atoms with E-state index in [0.29, 0.717) is 5.92 Å². The molecule has 1 N–H and O–H groups in total. The van der Waals surface area contributed by atoms with Gasteiger partial charge in [0.2, 0.25) is 0 Å². The summed E-state index contributed by atoms with van der Waals surface area (Å²) in [5.74, 6) is 2.65. The third-order valence-electron chi connectivity index (χ3n) is 4.40. The summed E-state index contributed by atoms with van der Waals surface area (Å²) in [5, 5.41) is 7.82. The summed E-state index contributed by atoms with van der Waals surface area (Å²) in [7, 11) is 1.75. The molecule has 5 heteroatoms. The Kier molecular flexibility index (Phi) is 6.47. The van der Waals surface area contributed by atoms with E-state index in [0.717, 1.165) is 44.4 Å². The lowest BCUT2D eigenvalue weighted by Crippen LogP contribution is -2.31. The molecule has 1 saturated carbocycles. The second-order valence-electron chi connectivity index (χ2n) is 5.70. The van der Waals surface area contributed by atoms with Gasteiger partial charge in [-0.05, 0) is 25.3 Å². The van der Waals surface area contributed by atoms with Crippen LogP contribution in [0.2, 0.25) is 0 Å². The largest absolute Gasteiger partial charge is 0.383 e. The van der Waals surface area contributed by atoms with Crippen LogP contribution >= 0.6 is 0 Å². The molecule has 5 nitrogen and oxygen atoms in total. The van der Waals surface area contributed by atoms with Crippen LogP contribution in [0, 0.1) is 11.8 Å². The fourth-order valence-electron chi connectivity index (χ4n) is 3.24. The maximum atomic E-state index is 5.10. The molecule has 0 aliphatic heterocycles. The van der Waals surface area contributed by atoms with Crippen molar-refractivity contribution < 1.29 is 4.74 Å². The van der Waals surface area contributed by atoms with E-state index >= 15 is 0 Å². The second kappa shape index (κ2) is 8.37. The number of methoxy groups -OCH3 is 1. The summed E-state index contributed by atoms with van der Waals surface area (Å²) >= 11 is 0. The quantitative estimate of drug-likeness (QED) is 0.702. The van der Waals surface area contributed by atoms with Crippen LogP contribution in [0.25, 0.3) is 0 Å². The van der Waals surface area contributed by atoms with Crippen LogP contribution in [0.1, 0.15) is 38.4 Å². The first-order chi connectivity index (χ1) is 9.85. The van der Waals surface area contributed by atoms with Gasteiger partial charge in [0.15, 0.2) is 0 Å². The molecule has 2 rings (SSSR count). The second-order valence-corrected chi connectivity index (χ2v) is 5.70. The molecule has 0 saturated heterocycles. The Morgan fingerprint density at radius 2 is 2.25 bits per heavy atom. The maximum absolute atomic E-state index is 5.10. The zero-order valence-corrected chi connectivity index (χ0v) is 12.8. The Balaban J connectivity index is 1.91. The molecule has 0 spiro atoms. The first-order valence-corrected chi connectivity index (χ1v) is 7.91. The van der Waals surface area contributed by atoms with Crippen LogP contribution < -0.4 is 5.32 Å². The third kappa shape index (κ3) is 4.28. The van der Waals surface area contributed by atoms with E-state index in [9.17, 15) is 0 Å². The van der Waals surface area contributed by atoms with Crippen LogP contribution in [0.3, 0.4) is 0 Å². The molecule has 1 aliphatic rings. The summed E-state index contributed by atoms with van der Waals surface area (Å²) in [6, 6.07) is 0. The van der Waals surface area contributed by atoms with Crippen LogP contribution in [-0.2, 0) is 17.7 Å². The lowest BCUT2D eigenvalue weighted by molar-refractivity contribution is 0.194. The minimum atomic E-state index is 0.670. The number of aryl methyl sites for hydroxylation is 1. The highest BCUT2D eigenvalue weighted by Gasteiger charge is 2.26. The Labute approximate surface area is 122 Å². The third-order valence-corrected chi connectivity index (χ3v) is 4.40. The molecule has 1 fully saturated rings. The highest BCUT2D eigenvalue weighted by atomic mass is 16.5. The van der Waals surface area contributed by atoms with Gasteiger partial charge in [0.25, 0.3) is 0 Å². The Bertz CT molecular complexity index is 374. The minimum Gasteiger partial charge on any atom is -0.383 e. The average molecular weight is 280 g/mol. The van der Waals surface area contributed by atoms with Gasteiger partial charge >= 0.3 is 0 Å². The van der Waals surface area contributed by atoms with Crippen LogP contribution in [0.15, 0.2) is 6.33 Å². The topological polar surface area (TPSA) is 52.0 Å². The van der Waals surface area contributed by atoms with Crippen molar-refractivity contribution in [3.63, 3.8) is 0 Å². The fourth-order valence-corrected chi connectivity index (χ4v) is 3.24. The lowest BCUT2D eigenvalue weighted by atomic mass is 9.87.